The van der Waals surface area contributed by atoms with Crippen molar-refractivity contribution in [2.45, 2.75) is 44.1 Å². The Bertz CT molecular complexity index is 628. The molecule has 5 nitrogen and oxygen atoms in total. The fourth-order valence-corrected chi connectivity index (χ4v) is 4.56. The van der Waals surface area contributed by atoms with Gasteiger partial charge in [0.05, 0.1) is 5.60 Å². The van der Waals surface area contributed by atoms with Crippen LogP contribution in [0.4, 0.5) is 0 Å². The number of carbonyl (C=O) groups excluding carboxylic acids is 1. The summed E-state index contributed by atoms with van der Waals surface area (Å²) in [6.07, 6.45) is 5.75. The van der Waals surface area contributed by atoms with Crippen molar-refractivity contribution in [3.63, 3.8) is 0 Å². The number of nitrogens with one attached hydrogen (secondary N) is 1. The molecule has 0 unspecified atom stereocenters. The summed E-state index contributed by atoms with van der Waals surface area (Å²) in [6.45, 7) is 4.22. The summed E-state index contributed by atoms with van der Waals surface area (Å²) in [5, 5.41) is 14.2. The van der Waals surface area contributed by atoms with Crippen LogP contribution in [-0.2, 0) is 6.42 Å². The molecule has 1 aromatic carbocycles. The molecule has 2 aliphatic rings. The second-order valence-electron chi connectivity index (χ2n) is 8.71. The van der Waals surface area contributed by atoms with E-state index in [1.165, 1.54) is 18.4 Å². The van der Waals surface area contributed by atoms with Crippen molar-refractivity contribution >= 4 is 5.91 Å². The van der Waals surface area contributed by atoms with E-state index in [-0.39, 0.29) is 5.91 Å². The molecule has 2 saturated heterocycles. The van der Waals surface area contributed by atoms with E-state index in [1.54, 1.807) is 0 Å². The molecule has 3 rings (SSSR count). The van der Waals surface area contributed by atoms with E-state index in [2.05, 4.69) is 17.4 Å². The van der Waals surface area contributed by atoms with Crippen LogP contribution in [0.1, 0.15) is 48.0 Å². The largest absolute Gasteiger partial charge is 0.388 e. The Balaban J connectivity index is 1.62. The highest BCUT2D eigenvalue weighted by Gasteiger charge is 2.32. The van der Waals surface area contributed by atoms with Crippen molar-refractivity contribution in [2.75, 3.05) is 46.8 Å². The molecule has 2 N–H and O–H groups in total. The number of aliphatic hydroxyl groups is 1. The Kier molecular flexibility index (Phi) is 6.90. The molecule has 1 aromatic rings. The first kappa shape index (κ1) is 20.3. The molecule has 2 heterocycles. The number of nitrogens with zero attached hydrogens (tertiary/aromatic N) is 2. The number of hydrogen-bond acceptors (Lipinski definition) is 4. The number of likely N-dealkylation sites (tertiary alicyclic amines) is 1. The van der Waals surface area contributed by atoms with Gasteiger partial charge in [-0.2, -0.15) is 0 Å². The molecule has 0 radical (unpaired) electrons. The van der Waals surface area contributed by atoms with Crippen LogP contribution >= 0.6 is 0 Å². The van der Waals surface area contributed by atoms with Gasteiger partial charge >= 0.3 is 0 Å². The third-order valence-corrected chi connectivity index (χ3v) is 5.97. The van der Waals surface area contributed by atoms with Gasteiger partial charge in [-0.3, -0.25) is 4.79 Å². The minimum atomic E-state index is -0.685. The molecule has 5 heteroatoms. The number of rotatable bonds is 5. The SMILES string of the molecule is CN(C)C[C@@]1(O)CCCN(C(=O)c2cccc(CC3CCNCC3)c2)CC1. The average molecular weight is 374 g/mol. The molecular formula is C22H35N3O2. The number of amides is 1. The summed E-state index contributed by atoms with van der Waals surface area (Å²) < 4.78 is 0. The zero-order valence-corrected chi connectivity index (χ0v) is 16.9. The van der Waals surface area contributed by atoms with Crippen LogP contribution in [0.2, 0.25) is 0 Å². The Hall–Kier alpha value is -1.43. The first-order chi connectivity index (χ1) is 13.0. The van der Waals surface area contributed by atoms with E-state index < -0.39 is 5.60 Å². The van der Waals surface area contributed by atoms with Crippen molar-refractivity contribution < 1.29 is 9.90 Å². The highest BCUT2D eigenvalue weighted by Crippen LogP contribution is 2.25. The Morgan fingerprint density at radius 3 is 2.78 bits per heavy atom. The first-order valence-corrected chi connectivity index (χ1v) is 10.4. The number of likely N-dealkylation sites (N-methyl/N-ethyl adjacent to an activating group) is 1. The van der Waals surface area contributed by atoms with Gasteiger partial charge in [0.2, 0.25) is 0 Å². The van der Waals surface area contributed by atoms with Crippen LogP contribution in [0.5, 0.6) is 0 Å². The van der Waals surface area contributed by atoms with Crippen LogP contribution in [0.25, 0.3) is 0 Å². The Morgan fingerprint density at radius 1 is 1.26 bits per heavy atom. The summed E-state index contributed by atoms with van der Waals surface area (Å²) >= 11 is 0. The molecule has 2 fully saturated rings. The van der Waals surface area contributed by atoms with Crippen LogP contribution < -0.4 is 5.32 Å². The van der Waals surface area contributed by atoms with Crippen molar-refractivity contribution in [2.24, 2.45) is 5.92 Å². The Labute approximate surface area is 163 Å². The highest BCUT2D eigenvalue weighted by molar-refractivity contribution is 5.94. The lowest BCUT2D eigenvalue weighted by atomic mass is 9.90. The van der Waals surface area contributed by atoms with Gasteiger partial charge in [-0.1, -0.05) is 12.1 Å². The number of carbonyl (C=O) groups is 1. The molecule has 150 valence electrons. The normalized spacial score (nSPS) is 24.8. The van der Waals surface area contributed by atoms with Crippen LogP contribution in [0.15, 0.2) is 24.3 Å². The molecule has 0 bridgehead atoms. The zero-order valence-electron chi connectivity index (χ0n) is 16.9. The predicted molar refractivity (Wildman–Crippen MR) is 109 cm³/mol. The van der Waals surface area contributed by atoms with Gasteiger partial charge in [0.25, 0.3) is 5.91 Å². The summed E-state index contributed by atoms with van der Waals surface area (Å²) in [4.78, 5) is 17.0. The third-order valence-electron chi connectivity index (χ3n) is 5.97. The molecule has 1 amide bonds. The maximum atomic E-state index is 13.1. The number of benzene rings is 1. The maximum Gasteiger partial charge on any atom is 0.253 e. The number of hydrogen-bond donors (Lipinski definition) is 2. The van der Waals surface area contributed by atoms with E-state index >= 15 is 0 Å². The van der Waals surface area contributed by atoms with Gasteiger partial charge in [-0.25, -0.2) is 0 Å². The van der Waals surface area contributed by atoms with Gasteiger partial charge < -0.3 is 20.2 Å². The second-order valence-corrected chi connectivity index (χ2v) is 8.71. The molecular weight excluding hydrogens is 338 g/mol. The molecule has 0 aromatic heterocycles. The first-order valence-electron chi connectivity index (χ1n) is 10.4. The summed E-state index contributed by atoms with van der Waals surface area (Å²) in [7, 11) is 3.97. The van der Waals surface area contributed by atoms with Crippen LogP contribution in [0, 0.1) is 5.92 Å². The van der Waals surface area contributed by atoms with Gasteiger partial charge in [-0.05, 0) is 89.3 Å². The van der Waals surface area contributed by atoms with E-state index in [0.717, 1.165) is 50.4 Å². The van der Waals surface area contributed by atoms with Crippen molar-refractivity contribution in [3.05, 3.63) is 35.4 Å². The Morgan fingerprint density at radius 2 is 2.04 bits per heavy atom. The molecule has 0 saturated carbocycles. The van der Waals surface area contributed by atoms with Crippen molar-refractivity contribution in [1.29, 1.82) is 0 Å². The smallest absolute Gasteiger partial charge is 0.253 e. The summed E-state index contributed by atoms with van der Waals surface area (Å²) in [6, 6.07) is 8.19. The maximum absolute atomic E-state index is 13.1. The standard InChI is InChI=1S/C22H35N3O2/c1-24(2)17-22(27)9-4-13-25(14-10-22)21(26)20-6-3-5-19(16-20)15-18-7-11-23-12-8-18/h3,5-6,16,18,23,27H,4,7-15,17H2,1-2H3/t22-/m1/s1. The molecule has 1 atom stereocenters. The highest BCUT2D eigenvalue weighted by atomic mass is 16.3. The average Bonchev–Trinajstić information content (AvgIpc) is 2.83. The van der Waals surface area contributed by atoms with E-state index in [0.29, 0.717) is 19.5 Å². The third kappa shape index (κ3) is 5.77. The van der Waals surface area contributed by atoms with Crippen LogP contribution in [0.3, 0.4) is 0 Å². The lowest BCUT2D eigenvalue weighted by molar-refractivity contribution is 0.00305. The topological polar surface area (TPSA) is 55.8 Å². The van der Waals surface area contributed by atoms with Crippen LogP contribution in [-0.4, -0.2) is 73.2 Å². The second kappa shape index (κ2) is 9.18. The fourth-order valence-electron chi connectivity index (χ4n) is 4.56. The molecule has 2 aliphatic heterocycles. The lowest BCUT2D eigenvalue weighted by Gasteiger charge is -2.30. The molecule has 0 aliphatic carbocycles. The van der Waals surface area contributed by atoms with Gasteiger partial charge in [0, 0.05) is 25.2 Å². The van der Waals surface area contributed by atoms with Gasteiger partial charge in [0.1, 0.15) is 0 Å². The minimum Gasteiger partial charge on any atom is -0.388 e. The quantitative estimate of drug-likeness (QED) is 0.830. The fraction of sp³-hybridized carbons (Fsp3) is 0.682. The van der Waals surface area contributed by atoms with E-state index in [4.69, 9.17) is 0 Å². The summed E-state index contributed by atoms with van der Waals surface area (Å²) in [5.41, 5.74) is 1.38. The van der Waals surface area contributed by atoms with E-state index in [1.807, 2.05) is 36.0 Å². The monoisotopic (exact) mass is 373 g/mol. The zero-order chi connectivity index (χ0) is 19.3. The van der Waals surface area contributed by atoms with Crippen molar-refractivity contribution in [1.82, 2.24) is 15.1 Å². The minimum absolute atomic E-state index is 0.108. The predicted octanol–water partition coefficient (Wildman–Crippen LogP) is 2.15. The van der Waals surface area contributed by atoms with E-state index in [9.17, 15) is 9.90 Å². The van der Waals surface area contributed by atoms with Gasteiger partial charge in [0.15, 0.2) is 0 Å². The lowest BCUT2D eigenvalue weighted by Crippen LogP contribution is -2.41. The summed E-state index contributed by atoms with van der Waals surface area (Å²) in [5.74, 6) is 0.826. The molecule has 0 spiro atoms. The van der Waals surface area contributed by atoms with Crippen molar-refractivity contribution in [3.8, 4) is 0 Å². The number of piperidine rings is 1. The van der Waals surface area contributed by atoms with Gasteiger partial charge in [-0.15, -0.1) is 0 Å². The molecule has 27 heavy (non-hydrogen) atoms.